The quantitative estimate of drug-likeness (QED) is 0.883. The van der Waals surface area contributed by atoms with Gasteiger partial charge in [-0.1, -0.05) is 6.07 Å². The van der Waals surface area contributed by atoms with Crippen LogP contribution in [-0.2, 0) is 11.3 Å². The van der Waals surface area contributed by atoms with Crippen LogP contribution < -0.4 is 5.73 Å². The average molecular weight is 313 g/mol. The predicted molar refractivity (Wildman–Crippen MR) is 84.1 cm³/mol. The van der Waals surface area contributed by atoms with E-state index in [9.17, 15) is 14.4 Å². The lowest BCUT2D eigenvalue weighted by molar-refractivity contribution is -0.135. The Morgan fingerprint density at radius 1 is 1.39 bits per heavy atom. The summed E-state index contributed by atoms with van der Waals surface area (Å²) in [5.74, 6) is -1.88. The Bertz CT molecular complexity index is 892. The molecule has 1 aliphatic heterocycles. The molecule has 1 aliphatic rings. The molecule has 0 atom stereocenters. The number of carboxylic acids is 1. The molecule has 3 N–H and O–H groups in total. The summed E-state index contributed by atoms with van der Waals surface area (Å²) < 4.78 is 1.82. The average Bonchev–Trinajstić information content (AvgIpc) is 2.84. The SMILES string of the molecule is CCn1c2c(c3c(C(N)=O)cccc31)C(=O)CN=C2CC(=O)O. The number of aliphatic imine (C=N–C) groups is 1. The standard InChI is InChI=1S/C16H15N3O4/c1-2-19-10-5-3-4-8(16(17)23)13(10)14-11(20)7-18-9(15(14)19)6-12(21)22/h3-5H,2,6-7H2,1H3,(H2,17,23)(H,21,22). The van der Waals surface area contributed by atoms with Crippen LogP contribution in [0, 0.1) is 0 Å². The number of hydrogen-bond donors (Lipinski definition) is 2. The number of amides is 1. The normalized spacial score (nSPS) is 13.8. The highest BCUT2D eigenvalue weighted by Gasteiger charge is 2.31. The lowest BCUT2D eigenvalue weighted by atomic mass is 9.96. The second-order valence-electron chi connectivity index (χ2n) is 5.29. The molecule has 0 aliphatic carbocycles. The maximum atomic E-state index is 12.4. The van der Waals surface area contributed by atoms with Crippen LogP contribution in [0.1, 0.15) is 39.8 Å². The topological polar surface area (TPSA) is 115 Å². The number of nitrogens with two attached hydrogens (primary N) is 1. The van der Waals surface area contributed by atoms with E-state index >= 15 is 0 Å². The fraction of sp³-hybridized carbons (Fsp3) is 0.250. The third-order valence-electron chi connectivity index (χ3n) is 3.96. The maximum Gasteiger partial charge on any atom is 0.309 e. The van der Waals surface area contributed by atoms with Crippen LogP contribution in [-0.4, -0.2) is 39.6 Å². The highest BCUT2D eigenvalue weighted by Crippen LogP contribution is 2.32. The Kier molecular flexibility index (Phi) is 3.48. The third-order valence-corrected chi connectivity index (χ3v) is 3.96. The molecule has 0 fully saturated rings. The van der Waals surface area contributed by atoms with Crippen molar-refractivity contribution in [1.29, 1.82) is 0 Å². The Hall–Kier alpha value is -2.96. The van der Waals surface area contributed by atoms with E-state index in [2.05, 4.69) is 4.99 Å². The fourth-order valence-corrected chi connectivity index (χ4v) is 3.11. The Balaban J connectivity index is 2.43. The number of fused-ring (bicyclic) bond motifs is 3. The van der Waals surface area contributed by atoms with Crippen molar-refractivity contribution in [1.82, 2.24) is 4.57 Å². The summed E-state index contributed by atoms with van der Waals surface area (Å²) in [7, 11) is 0. The second-order valence-corrected chi connectivity index (χ2v) is 5.29. The molecule has 2 heterocycles. The van der Waals surface area contributed by atoms with Crippen molar-refractivity contribution in [2.75, 3.05) is 6.54 Å². The zero-order chi connectivity index (χ0) is 16.7. The summed E-state index contributed by atoms with van der Waals surface area (Å²) in [6.07, 6.45) is -0.275. The van der Waals surface area contributed by atoms with E-state index in [4.69, 9.17) is 10.8 Å². The van der Waals surface area contributed by atoms with E-state index in [0.29, 0.717) is 34.4 Å². The number of rotatable bonds is 4. The van der Waals surface area contributed by atoms with E-state index < -0.39 is 11.9 Å². The molecular formula is C16H15N3O4. The zero-order valence-corrected chi connectivity index (χ0v) is 12.5. The number of primary amides is 1. The number of ketones is 1. The fourth-order valence-electron chi connectivity index (χ4n) is 3.11. The zero-order valence-electron chi connectivity index (χ0n) is 12.5. The molecular weight excluding hydrogens is 298 g/mol. The van der Waals surface area contributed by atoms with Crippen LogP contribution in [0.2, 0.25) is 0 Å². The molecule has 7 nitrogen and oxygen atoms in total. The Labute approximate surface area is 131 Å². The first-order chi connectivity index (χ1) is 11.0. The summed E-state index contributed by atoms with van der Waals surface area (Å²) in [4.78, 5) is 39.4. The summed E-state index contributed by atoms with van der Waals surface area (Å²) in [6, 6.07) is 5.05. The van der Waals surface area contributed by atoms with Gasteiger partial charge in [-0.25, -0.2) is 0 Å². The molecule has 1 aromatic carbocycles. The van der Waals surface area contributed by atoms with Gasteiger partial charge >= 0.3 is 5.97 Å². The van der Waals surface area contributed by atoms with Gasteiger partial charge in [0.05, 0.1) is 28.9 Å². The van der Waals surface area contributed by atoms with Gasteiger partial charge in [0, 0.05) is 17.5 Å². The predicted octanol–water partition coefficient (Wildman–Crippen LogP) is 1.22. The third kappa shape index (κ3) is 2.21. The van der Waals surface area contributed by atoms with E-state index in [1.165, 1.54) is 0 Å². The molecule has 7 heteroatoms. The van der Waals surface area contributed by atoms with Gasteiger partial charge in [0.2, 0.25) is 5.91 Å². The highest BCUT2D eigenvalue weighted by atomic mass is 16.4. The number of carbonyl (C=O) groups is 3. The van der Waals surface area contributed by atoms with Crippen LogP contribution in [0.25, 0.3) is 10.9 Å². The molecule has 0 spiro atoms. The van der Waals surface area contributed by atoms with E-state index in [1.54, 1.807) is 18.2 Å². The number of aliphatic carboxylic acids is 1. The van der Waals surface area contributed by atoms with Gasteiger partial charge in [0.1, 0.15) is 6.54 Å². The minimum Gasteiger partial charge on any atom is -0.481 e. The van der Waals surface area contributed by atoms with Gasteiger partial charge in [-0.3, -0.25) is 19.4 Å². The maximum absolute atomic E-state index is 12.4. The molecule has 0 saturated heterocycles. The molecule has 1 amide bonds. The van der Waals surface area contributed by atoms with Crippen molar-refractivity contribution >= 4 is 34.3 Å². The number of Topliss-reactive ketones (excluding diaryl/α,β-unsaturated/α-hetero) is 1. The van der Waals surface area contributed by atoms with E-state index in [0.717, 1.165) is 0 Å². The molecule has 0 radical (unpaired) electrons. The number of carbonyl (C=O) groups excluding carboxylic acids is 2. The largest absolute Gasteiger partial charge is 0.481 e. The molecule has 1 aromatic heterocycles. The van der Waals surface area contributed by atoms with E-state index in [1.807, 2.05) is 11.5 Å². The van der Waals surface area contributed by atoms with Crippen LogP contribution >= 0.6 is 0 Å². The first-order valence-corrected chi connectivity index (χ1v) is 7.19. The highest BCUT2D eigenvalue weighted by molar-refractivity contribution is 6.26. The minimum absolute atomic E-state index is 0.120. The monoisotopic (exact) mass is 313 g/mol. The number of carboxylic acid groups (broad SMARTS) is 1. The lowest BCUT2D eigenvalue weighted by Gasteiger charge is -2.15. The molecule has 0 unspecified atom stereocenters. The van der Waals surface area contributed by atoms with Gasteiger partial charge in [-0.15, -0.1) is 0 Å². The molecule has 3 rings (SSSR count). The van der Waals surface area contributed by atoms with Crippen LogP contribution in [0.15, 0.2) is 23.2 Å². The number of aryl methyl sites for hydroxylation is 1. The second kappa shape index (κ2) is 5.35. The molecule has 2 aromatic rings. The molecule has 118 valence electrons. The Morgan fingerprint density at radius 3 is 2.74 bits per heavy atom. The van der Waals surface area contributed by atoms with Crippen LogP contribution in [0.3, 0.4) is 0 Å². The number of hydrogen-bond acceptors (Lipinski definition) is 4. The molecule has 0 bridgehead atoms. The smallest absolute Gasteiger partial charge is 0.309 e. The number of nitrogens with zero attached hydrogens (tertiary/aromatic N) is 2. The van der Waals surface area contributed by atoms with Gasteiger partial charge < -0.3 is 15.4 Å². The summed E-state index contributed by atoms with van der Waals surface area (Å²) >= 11 is 0. The summed E-state index contributed by atoms with van der Waals surface area (Å²) in [5, 5.41) is 9.58. The Morgan fingerprint density at radius 2 is 2.13 bits per heavy atom. The van der Waals surface area contributed by atoms with Gasteiger partial charge in [-0.2, -0.15) is 0 Å². The van der Waals surface area contributed by atoms with Crippen molar-refractivity contribution in [3.8, 4) is 0 Å². The number of benzene rings is 1. The summed E-state index contributed by atoms with van der Waals surface area (Å²) in [6.45, 7) is 2.28. The van der Waals surface area contributed by atoms with Crippen molar-refractivity contribution in [2.24, 2.45) is 10.7 Å². The van der Waals surface area contributed by atoms with Crippen molar-refractivity contribution in [3.63, 3.8) is 0 Å². The first-order valence-electron chi connectivity index (χ1n) is 7.19. The van der Waals surface area contributed by atoms with Gasteiger partial charge in [-0.05, 0) is 19.1 Å². The summed E-state index contributed by atoms with van der Waals surface area (Å²) in [5.41, 5.74) is 7.56. The number of aromatic nitrogens is 1. The lowest BCUT2D eigenvalue weighted by Crippen LogP contribution is -2.23. The van der Waals surface area contributed by atoms with Crippen LogP contribution in [0.4, 0.5) is 0 Å². The van der Waals surface area contributed by atoms with Crippen molar-refractivity contribution in [2.45, 2.75) is 19.9 Å². The first kappa shape index (κ1) is 15.0. The molecule has 0 saturated carbocycles. The van der Waals surface area contributed by atoms with Crippen molar-refractivity contribution in [3.05, 3.63) is 35.0 Å². The minimum atomic E-state index is -1.02. The van der Waals surface area contributed by atoms with E-state index in [-0.39, 0.29) is 24.3 Å². The van der Waals surface area contributed by atoms with Gasteiger partial charge in [0.15, 0.2) is 5.78 Å². The molecule has 23 heavy (non-hydrogen) atoms. The van der Waals surface area contributed by atoms with Gasteiger partial charge in [0.25, 0.3) is 0 Å². The van der Waals surface area contributed by atoms with Crippen molar-refractivity contribution < 1.29 is 19.5 Å². The van der Waals surface area contributed by atoms with Crippen LogP contribution in [0.5, 0.6) is 0 Å².